The molecule has 0 bridgehead atoms. The molecule has 21 heavy (non-hydrogen) atoms. The van der Waals surface area contributed by atoms with Crippen molar-refractivity contribution in [3.8, 4) is 0 Å². The molecule has 0 aliphatic heterocycles. The van der Waals surface area contributed by atoms with E-state index in [-0.39, 0.29) is 17.1 Å². The van der Waals surface area contributed by atoms with Gasteiger partial charge in [0, 0.05) is 5.60 Å². The van der Waals surface area contributed by atoms with E-state index >= 15 is 0 Å². The summed E-state index contributed by atoms with van der Waals surface area (Å²) < 4.78 is 11.1. The van der Waals surface area contributed by atoms with E-state index in [9.17, 15) is 4.79 Å². The van der Waals surface area contributed by atoms with E-state index in [0.717, 1.165) is 6.42 Å². The van der Waals surface area contributed by atoms with Crippen LogP contribution in [0.5, 0.6) is 0 Å². The zero-order chi connectivity index (χ0) is 16.1. The molecule has 0 fully saturated rings. The van der Waals surface area contributed by atoms with Crippen molar-refractivity contribution in [2.75, 3.05) is 6.61 Å². The number of unbranched alkanes of at least 4 members (excludes halogenated alkanes) is 7. The van der Waals surface area contributed by atoms with Gasteiger partial charge in [-0.2, -0.15) is 0 Å². The van der Waals surface area contributed by atoms with E-state index in [1.54, 1.807) is 0 Å². The second kappa shape index (κ2) is 12.2. The van der Waals surface area contributed by atoms with Crippen molar-refractivity contribution in [1.29, 1.82) is 0 Å². The van der Waals surface area contributed by atoms with E-state index in [1.165, 1.54) is 44.9 Å². The highest BCUT2D eigenvalue weighted by atomic mass is 28.2. The second-order valence-corrected chi connectivity index (χ2v) is 8.81. The molecule has 0 saturated heterocycles. The Bertz CT molecular complexity index is 261. The van der Waals surface area contributed by atoms with Crippen LogP contribution in [0.1, 0.15) is 86.0 Å². The predicted molar refractivity (Wildman–Crippen MR) is 92.4 cm³/mol. The SMILES string of the molecule is CCCCCCCCCCOC(=O)C(C)[SiH2]OC(C)(C)C. The van der Waals surface area contributed by atoms with Gasteiger partial charge < -0.3 is 9.16 Å². The number of rotatable bonds is 12. The Hall–Kier alpha value is -0.353. The summed E-state index contributed by atoms with van der Waals surface area (Å²) in [7, 11) is -0.846. The lowest BCUT2D eigenvalue weighted by Gasteiger charge is -2.22. The number of hydrogen-bond donors (Lipinski definition) is 0. The third-order valence-corrected chi connectivity index (χ3v) is 5.28. The average Bonchev–Trinajstić information content (AvgIpc) is 2.41. The Morgan fingerprint density at radius 3 is 2.05 bits per heavy atom. The summed E-state index contributed by atoms with van der Waals surface area (Å²) >= 11 is 0. The molecule has 0 aliphatic rings. The number of esters is 1. The highest BCUT2D eigenvalue weighted by molar-refractivity contribution is 6.36. The minimum absolute atomic E-state index is 0.0433. The standard InChI is InChI=1S/C17H36O3Si/c1-6-7-8-9-10-11-12-13-14-19-16(18)15(2)21-20-17(3,4)5/h15H,6-14,21H2,1-5H3. The van der Waals surface area contributed by atoms with E-state index in [2.05, 4.69) is 6.92 Å². The number of ether oxygens (including phenoxy) is 1. The highest BCUT2D eigenvalue weighted by Crippen LogP contribution is 2.13. The quantitative estimate of drug-likeness (QED) is 0.304. The van der Waals surface area contributed by atoms with Gasteiger partial charge >= 0.3 is 5.97 Å². The van der Waals surface area contributed by atoms with Gasteiger partial charge in [0.05, 0.1) is 12.1 Å². The van der Waals surface area contributed by atoms with Gasteiger partial charge in [-0.25, -0.2) is 0 Å². The van der Waals surface area contributed by atoms with Crippen LogP contribution >= 0.6 is 0 Å². The molecule has 1 atom stereocenters. The van der Waals surface area contributed by atoms with Crippen LogP contribution in [0.15, 0.2) is 0 Å². The molecule has 0 saturated carbocycles. The number of carbonyl (C=O) groups is 1. The van der Waals surface area contributed by atoms with Crippen LogP contribution < -0.4 is 0 Å². The van der Waals surface area contributed by atoms with Gasteiger partial charge in [0.1, 0.15) is 0 Å². The second-order valence-electron chi connectivity index (χ2n) is 6.97. The molecule has 4 heteroatoms. The fraction of sp³-hybridized carbons (Fsp3) is 0.941. The lowest BCUT2D eigenvalue weighted by molar-refractivity contribution is -0.143. The lowest BCUT2D eigenvalue weighted by Crippen LogP contribution is -2.27. The van der Waals surface area contributed by atoms with Crippen LogP contribution in [0.2, 0.25) is 5.54 Å². The lowest BCUT2D eigenvalue weighted by atomic mass is 10.1. The highest BCUT2D eigenvalue weighted by Gasteiger charge is 2.19. The van der Waals surface area contributed by atoms with Crippen molar-refractivity contribution in [3.05, 3.63) is 0 Å². The maximum atomic E-state index is 11.8. The Kier molecular flexibility index (Phi) is 12.0. The summed E-state index contributed by atoms with van der Waals surface area (Å²) in [5.41, 5.74) is -0.184. The first-order valence-corrected chi connectivity index (χ1v) is 10.1. The van der Waals surface area contributed by atoms with E-state index in [0.29, 0.717) is 6.61 Å². The van der Waals surface area contributed by atoms with Crippen LogP contribution in [-0.2, 0) is 14.0 Å². The Morgan fingerprint density at radius 1 is 1.00 bits per heavy atom. The van der Waals surface area contributed by atoms with Crippen LogP contribution in [0.25, 0.3) is 0 Å². The van der Waals surface area contributed by atoms with Crippen molar-refractivity contribution in [3.63, 3.8) is 0 Å². The predicted octanol–water partition coefficient (Wildman–Crippen LogP) is 4.38. The third kappa shape index (κ3) is 14.4. The molecule has 3 nitrogen and oxygen atoms in total. The summed E-state index contributed by atoms with van der Waals surface area (Å²) in [6.45, 7) is 10.8. The van der Waals surface area contributed by atoms with Crippen LogP contribution in [-0.4, -0.2) is 27.9 Å². The average molecular weight is 317 g/mol. The number of carbonyl (C=O) groups excluding carboxylic acids is 1. The molecule has 0 aromatic carbocycles. The van der Waals surface area contributed by atoms with E-state index in [1.807, 2.05) is 27.7 Å². The molecule has 1 unspecified atom stereocenters. The van der Waals surface area contributed by atoms with Gasteiger partial charge in [0.15, 0.2) is 9.76 Å². The third-order valence-electron chi connectivity index (χ3n) is 3.41. The van der Waals surface area contributed by atoms with Crippen LogP contribution in [0.4, 0.5) is 0 Å². The fourth-order valence-corrected chi connectivity index (χ4v) is 3.00. The first-order chi connectivity index (χ1) is 9.87. The summed E-state index contributed by atoms with van der Waals surface area (Å²) in [6.07, 6.45) is 10.1. The maximum absolute atomic E-state index is 11.8. The Labute approximate surface area is 134 Å². The topological polar surface area (TPSA) is 35.5 Å². The molecule has 0 spiro atoms. The first-order valence-electron chi connectivity index (χ1n) is 8.67. The zero-order valence-electron chi connectivity index (χ0n) is 14.9. The normalized spacial score (nSPS) is 13.8. The van der Waals surface area contributed by atoms with Gasteiger partial charge in [0.25, 0.3) is 0 Å². The smallest absolute Gasteiger partial charge is 0.307 e. The van der Waals surface area contributed by atoms with Crippen LogP contribution in [0.3, 0.4) is 0 Å². The minimum atomic E-state index is -0.846. The van der Waals surface area contributed by atoms with Crippen LogP contribution in [0, 0.1) is 0 Å². The summed E-state index contributed by atoms with van der Waals surface area (Å²) in [5, 5.41) is 0. The van der Waals surface area contributed by atoms with Gasteiger partial charge in [-0.15, -0.1) is 0 Å². The molecule has 0 aliphatic carbocycles. The number of hydrogen-bond acceptors (Lipinski definition) is 3. The molecule has 0 aromatic heterocycles. The molecular formula is C17H36O3Si. The summed E-state index contributed by atoms with van der Waals surface area (Å²) in [6, 6.07) is 0. The molecule has 0 amide bonds. The molecule has 0 N–H and O–H groups in total. The van der Waals surface area contributed by atoms with E-state index in [4.69, 9.17) is 9.16 Å². The summed E-state index contributed by atoms with van der Waals surface area (Å²) in [5.74, 6) is -0.0751. The van der Waals surface area contributed by atoms with Crippen molar-refractivity contribution in [2.45, 2.75) is 97.1 Å². The molecular weight excluding hydrogens is 280 g/mol. The van der Waals surface area contributed by atoms with Crippen molar-refractivity contribution < 1.29 is 14.0 Å². The van der Waals surface area contributed by atoms with Crippen molar-refractivity contribution >= 4 is 15.7 Å². The Morgan fingerprint density at radius 2 is 1.52 bits per heavy atom. The monoisotopic (exact) mass is 316 g/mol. The Balaban J connectivity index is 3.44. The summed E-state index contributed by atoms with van der Waals surface area (Å²) in [4.78, 5) is 11.8. The van der Waals surface area contributed by atoms with Gasteiger partial charge in [0.2, 0.25) is 0 Å². The molecule has 0 radical (unpaired) electrons. The molecule has 0 heterocycles. The van der Waals surface area contributed by atoms with Gasteiger partial charge in [-0.05, 0) is 27.2 Å². The van der Waals surface area contributed by atoms with Crippen molar-refractivity contribution in [1.82, 2.24) is 0 Å². The van der Waals surface area contributed by atoms with E-state index < -0.39 is 9.76 Å². The van der Waals surface area contributed by atoms with Crippen molar-refractivity contribution in [2.24, 2.45) is 0 Å². The largest absolute Gasteiger partial charge is 0.466 e. The van der Waals surface area contributed by atoms with Gasteiger partial charge in [-0.1, -0.05) is 58.8 Å². The fourth-order valence-electron chi connectivity index (χ4n) is 1.99. The maximum Gasteiger partial charge on any atom is 0.307 e. The molecule has 0 rings (SSSR count). The molecule has 0 aromatic rings. The van der Waals surface area contributed by atoms with Gasteiger partial charge in [-0.3, -0.25) is 4.79 Å². The minimum Gasteiger partial charge on any atom is -0.466 e. The molecule has 126 valence electrons. The zero-order valence-corrected chi connectivity index (χ0v) is 16.3. The first kappa shape index (κ1) is 20.6.